The minimum absolute atomic E-state index is 0.129. The van der Waals surface area contributed by atoms with Crippen LogP contribution in [-0.2, 0) is 0 Å². The summed E-state index contributed by atoms with van der Waals surface area (Å²) in [5.41, 5.74) is 4.35. The number of hydrogen-bond donors (Lipinski definition) is 1. The third-order valence-corrected chi connectivity index (χ3v) is 8.52. The van der Waals surface area contributed by atoms with Gasteiger partial charge < -0.3 is 20.0 Å². The maximum absolute atomic E-state index is 14.0. The topological polar surface area (TPSA) is 51.2 Å². The minimum Gasteiger partial charge on any atom is -0.381 e. The van der Waals surface area contributed by atoms with E-state index >= 15 is 0 Å². The molecule has 0 saturated carbocycles. The van der Waals surface area contributed by atoms with Crippen molar-refractivity contribution in [2.24, 2.45) is 10.9 Å². The van der Waals surface area contributed by atoms with Gasteiger partial charge in [0.15, 0.2) is 5.84 Å². The maximum atomic E-state index is 14.0. The summed E-state index contributed by atoms with van der Waals surface area (Å²) in [5, 5.41) is 3.33. The average molecular weight is 532 g/mol. The molecule has 39 heavy (non-hydrogen) atoms. The standard InChI is InChI=1S/C32H42FN5O/c1-4-30(35-31-24(3)34-15-19-37(31)21-27-20-28(33)14-9-23(27)2)25-10-12-26(13-11-25)32(39)38-18-7-8-29(38)22-36-16-5-6-17-36/h4,10-14,20,23,29,34H,3,5-9,15-19,21-22H2,1-2H3/b30-4-,35-31?. The molecule has 2 unspecified atom stereocenters. The number of amides is 1. The monoisotopic (exact) mass is 531 g/mol. The van der Waals surface area contributed by atoms with Gasteiger partial charge in [0.1, 0.15) is 5.83 Å². The Bertz CT molecular complexity index is 1190. The van der Waals surface area contributed by atoms with Crippen molar-refractivity contribution in [2.75, 3.05) is 45.8 Å². The molecule has 3 heterocycles. The van der Waals surface area contributed by atoms with Gasteiger partial charge in [-0.1, -0.05) is 31.7 Å². The molecule has 4 aliphatic rings. The minimum atomic E-state index is -0.157. The Labute approximate surface area is 232 Å². The smallest absolute Gasteiger partial charge is 0.254 e. The van der Waals surface area contributed by atoms with Gasteiger partial charge in [-0.15, -0.1) is 0 Å². The first-order valence-corrected chi connectivity index (χ1v) is 14.6. The van der Waals surface area contributed by atoms with Crippen molar-refractivity contribution in [3.05, 3.63) is 77.3 Å². The highest BCUT2D eigenvalue weighted by Gasteiger charge is 2.31. The van der Waals surface area contributed by atoms with Gasteiger partial charge in [0.25, 0.3) is 5.91 Å². The lowest BCUT2D eigenvalue weighted by Gasteiger charge is -2.35. The molecule has 5 rings (SSSR count). The predicted molar refractivity (Wildman–Crippen MR) is 157 cm³/mol. The van der Waals surface area contributed by atoms with Crippen molar-refractivity contribution in [3.63, 3.8) is 0 Å². The highest BCUT2D eigenvalue weighted by atomic mass is 19.1. The summed E-state index contributed by atoms with van der Waals surface area (Å²) < 4.78 is 14.0. The summed E-state index contributed by atoms with van der Waals surface area (Å²) in [6.07, 6.45) is 10.7. The van der Waals surface area contributed by atoms with Gasteiger partial charge in [0.05, 0.1) is 11.4 Å². The van der Waals surface area contributed by atoms with E-state index in [1.54, 1.807) is 12.2 Å². The van der Waals surface area contributed by atoms with E-state index in [1.165, 1.54) is 12.8 Å². The third kappa shape index (κ3) is 6.35. The highest BCUT2D eigenvalue weighted by molar-refractivity contribution is 6.01. The second-order valence-electron chi connectivity index (χ2n) is 11.3. The molecule has 1 aliphatic carbocycles. The van der Waals surface area contributed by atoms with Crippen LogP contribution in [0.5, 0.6) is 0 Å². The number of rotatable bonds is 7. The molecule has 1 amide bonds. The molecule has 208 valence electrons. The number of benzene rings is 1. The largest absolute Gasteiger partial charge is 0.381 e. The van der Waals surface area contributed by atoms with Crippen molar-refractivity contribution in [3.8, 4) is 0 Å². The molecule has 2 atom stereocenters. The fourth-order valence-electron chi connectivity index (χ4n) is 6.17. The van der Waals surface area contributed by atoms with Crippen LogP contribution in [0.25, 0.3) is 5.70 Å². The molecule has 7 heteroatoms. The molecule has 1 aromatic carbocycles. The number of likely N-dealkylation sites (tertiary alicyclic amines) is 2. The lowest BCUT2D eigenvalue weighted by Crippen LogP contribution is -2.47. The Morgan fingerprint density at radius 1 is 1.13 bits per heavy atom. The number of nitrogens with zero attached hydrogens (tertiary/aromatic N) is 4. The summed E-state index contributed by atoms with van der Waals surface area (Å²) in [6.45, 7) is 14.6. The quantitative estimate of drug-likeness (QED) is 0.513. The Kier molecular flexibility index (Phi) is 8.66. The first kappa shape index (κ1) is 27.4. The van der Waals surface area contributed by atoms with Crippen molar-refractivity contribution < 1.29 is 9.18 Å². The van der Waals surface area contributed by atoms with E-state index in [1.807, 2.05) is 37.3 Å². The summed E-state index contributed by atoms with van der Waals surface area (Å²) >= 11 is 0. The first-order valence-electron chi connectivity index (χ1n) is 14.6. The van der Waals surface area contributed by atoms with Gasteiger partial charge in [0, 0.05) is 44.3 Å². The zero-order valence-corrected chi connectivity index (χ0v) is 23.5. The molecule has 6 nitrogen and oxygen atoms in total. The summed E-state index contributed by atoms with van der Waals surface area (Å²) in [4.78, 5) is 25.2. The van der Waals surface area contributed by atoms with Crippen LogP contribution in [-0.4, -0.2) is 78.3 Å². The normalized spacial score (nSPS) is 25.7. The second-order valence-corrected chi connectivity index (χ2v) is 11.3. The van der Waals surface area contributed by atoms with E-state index in [-0.39, 0.29) is 11.7 Å². The molecular weight excluding hydrogens is 489 g/mol. The van der Waals surface area contributed by atoms with Crippen molar-refractivity contribution >= 4 is 17.4 Å². The van der Waals surface area contributed by atoms with Gasteiger partial charge >= 0.3 is 0 Å². The van der Waals surface area contributed by atoms with Crippen LogP contribution < -0.4 is 5.32 Å². The van der Waals surface area contributed by atoms with E-state index < -0.39 is 0 Å². The van der Waals surface area contributed by atoms with Crippen LogP contribution >= 0.6 is 0 Å². The molecule has 0 bridgehead atoms. The molecule has 0 aromatic heterocycles. The van der Waals surface area contributed by atoms with Crippen molar-refractivity contribution in [2.45, 2.75) is 52.0 Å². The van der Waals surface area contributed by atoms with Crippen LogP contribution in [0.4, 0.5) is 4.39 Å². The van der Waals surface area contributed by atoms with E-state index in [2.05, 4.69) is 33.5 Å². The van der Waals surface area contributed by atoms with Gasteiger partial charge in [-0.25, -0.2) is 9.38 Å². The molecule has 0 spiro atoms. The van der Waals surface area contributed by atoms with Gasteiger partial charge in [-0.3, -0.25) is 4.79 Å². The first-order chi connectivity index (χ1) is 18.9. The Morgan fingerprint density at radius 2 is 1.87 bits per heavy atom. The van der Waals surface area contributed by atoms with Gasteiger partial charge in [0.2, 0.25) is 0 Å². The summed E-state index contributed by atoms with van der Waals surface area (Å²) in [6, 6.07) is 8.17. The summed E-state index contributed by atoms with van der Waals surface area (Å²) in [7, 11) is 0. The Hall–Kier alpha value is -3.19. The molecular formula is C32H42FN5O. The number of halogens is 1. The van der Waals surface area contributed by atoms with Crippen molar-refractivity contribution in [1.29, 1.82) is 0 Å². The summed E-state index contributed by atoms with van der Waals surface area (Å²) in [5.74, 6) is 1.05. The fraction of sp³-hybridized carbons (Fsp3) is 0.500. The van der Waals surface area contributed by atoms with Crippen LogP contribution in [0.2, 0.25) is 0 Å². The molecule has 0 radical (unpaired) electrons. The molecule has 1 aromatic rings. The fourth-order valence-corrected chi connectivity index (χ4v) is 6.17. The number of nitrogens with one attached hydrogen (secondary N) is 1. The van der Waals surface area contributed by atoms with E-state index in [4.69, 9.17) is 4.99 Å². The van der Waals surface area contributed by atoms with Crippen LogP contribution in [0.1, 0.15) is 61.9 Å². The van der Waals surface area contributed by atoms with Crippen molar-refractivity contribution in [1.82, 2.24) is 20.0 Å². The number of aliphatic imine (C=N–C) groups is 1. The molecule has 3 saturated heterocycles. The van der Waals surface area contributed by atoms with Gasteiger partial charge in [-0.2, -0.15) is 0 Å². The number of hydrogen-bond acceptors (Lipinski definition) is 4. The number of allylic oxidation sites excluding steroid dienone is 4. The zero-order chi connectivity index (χ0) is 27.4. The van der Waals surface area contributed by atoms with Gasteiger partial charge in [-0.05, 0) is 93.5 Å². The predicted octanol–water partition coefficient (Wildman–Crippen LogP) is 5.38. The highest BCUT2D eigenvalue weighted by Crippen LogP contribution is 2.27. The van der Waals surface area contributed by atoms with Crippen LogP contribution in [0.3, 0.4) is 0 Å². The Balaban J connectivity index is 1.30. The SMILES string of the molecule is C=C1NCCN(CC2=CC(F)=CCC2C)C1=N/C(=C\C)c1ccc(C(=O)N2CCCC2CN2CCCC2)cc1. The Morgan fingerprint density at radius 3 is 2.62 bits per heavy atom. The number of carbonyl (C=O) groups excluding carboxylic acids is 1. The number of piperazine rings is 1. The third-order valence-electron chi connectivity index (χ3n) is 8.52. The van der Waals surface area contributed by atoms with E-state index in [0.29, 0.717) is 18.5 Å². The number of amidine groups is 1. The molecule has 3 aliphatic heterocycles. The lowest BCUT2D eigenvalue weighted by molar-refractivity contribution is 0.0709. The average Bonchev–Trinajstić information content (AvgIpc) is 3.63. The second kappa shape index (κ2) is 12.3. The maximum Gasteiger partial charge on any atom is 0.254 e. The number of carbonyl (C=O) groups is 1. The molecule has 3 fully saturated rings. The van der Waals surface area contributed by atoms with Crippen LogP contribution in [0.15, 0.2) is 71.2 Å². The van der Waals surface area contributed by atoms with E-state index in [9.17, 15) is 9.18 Å². The van der Waals surface area contributed by atoms with Crippen LogP contribution in [0, 0.1) is 5.92 Å². The zero-order valence-electron chi connectivity index (χ0n) is 23.5. The lowest BCUT2D eigenvalue weighted by atomic mass is 9.92. The molecule has 1 N–H and O–H groups in total. The van der Waals surface area contributed by atoms with E-state index in [0.717, 1.165) is 92.5 Å².